The van der Waals surface area contributed by atoms with Gasteiger partial charge in [0.2, 0.25) is 0 Å². The summed E-state index contributed by atoms with van der Waals surface area (Å²) in [4.78, 5) is 18.3. The number of amides is 1. The standard InChI is InChI=1S/C16H14N2OS2/c1-10-5-6-12(8-11(10)2)18-15(19)14-9-17-16(21-14)13-4-3-7-20-13/h3-9H,1-2H3,(H,18,19). The van der Waals surface area contributed by atoms with E-state index in [0.29, 0.717) is 4.88 Å². The molecule has 2 aromatic heterocycles. The van der Waals surface area contributed by atoms with E-state index in [4.69, 9.17) is 0 Å². The second kappa shape index (κ2) is 5.79. The molecule has 0 radical (unpaired) electrons. The molecular weight excluding hydrogens is 300 g/mol. The van der Waals surface area contributed by atoms with E-state index in [1.165, 1.54) is 16.9 Å². The van der Waals surface area contributed by atoms with Crippen LogP contribution in [0.1, 0.15) is 20.8 Å². The summed E-state index contributed by atoms with van der Waals surface area (Å²) in [5, 5.41) is 5.81. The fourth-order valence-electron chi connectivity index (χ4n) is 1.91. The summed E-state index contributed by atoms with van der Waals surface area (Å²) in [6.45, 7) is 4.09. The number of anilines is 1. The zero-order valence-corrected chi connectivity index (χ0v) is 13.3. The first-order valence-electron chi connectivity index (χ1n) is 6.52. The molecule has 0 unspecified atom stereocenters. The Labute approximate surface area is 131 Å². The number of aromatic nitrogens is 1. The molecule has 0 aliphatic heterocycles. The molecule has 3 nitrogen and oxygen atoms in total. The summed E-state index contributed by atoms with van der Waals surface area (Å²) in [7, 11) is 0. The number of benzene rings is 1. The van der Waals surface area contributed by atoms with E-state index < -0.39 is 0 Å². The lowest BCUT2D eigenvalue weighted by atomic mass is 10.1. The third kappa shape index (κ3) is 3.04. The van der Waals surface area contributed by atoms with Gasteiger partial charge >= 0.3 is 0 Å². The van der Waals surface area contributed by atoms with E-state index in [1.54, 1.807) is 17.5 Å². The number of carbonyl (C=O) groups excluding carboxylic acids is 1. The Hall–Kier alpha value is -1.98. The van der Waals surface area contributed by atoms with Gasteiger partial charge in [0.25, 0.3) is 5.91 Å². The lowest BCUT2D eigenvalue weighted by Gasteiger charge is -2.06. The Morgan fingerprint density at radius 2 is 2.05 bits per heavy atom. The number of rotatable bonds is 3. The highest BCUT2D eigenvalue weighted by molar-refractivity contribution is 7.22. The first-order chi connectivity index (χ1) is 10.1. The first-order valence-corrected chi connectivity index (χ1v) is 8.21. The highest BCUT2D eigenvalue weighted by Crippen LogP contribution is 2.29. The number of hydrogen-bond donors (Lipinski definition) is 1. The molecule has 5 heteroatoms. The van der Waals surface area contributed by atoms with E-state index in [0.717, 1.165) is 21.1 Å². The molecule has 1 N–H and O–H groups in total. The van der Waals surface area contributed by atoms with Crippen LogP contribution in [0.5, 0.6) is 0 Å². The van der Waals surface area contributed by atoms with Crippen LogP contribution < -0.4 is 5.32 Å². The number of nitrogens with zero attached hydrogens (tertiary/aromatic N) is 1. The van der Waals surface area contributed by atoms with E-state index in [2.05, 4.69) is 17.2 Å². The largest absolute Gasteiger partial charge is 0.321 e. The monoisotopic (exact) mass is 314 g/mol. The molecule has 0 saturated carbocycles. The maximum atomic E-state index is 12.3. The molecule has 0 saturated heterocycles. The van der Waals surface area contributed by atoms with Crippen LogP contribution in [-0.4, -0.2) is 10.9 Å². The van der Waals surface area contributed by atoms with Gasteiger partial charge in [-0.05, 0) is 48.6 Å². The van der Waals surface area contributed by atoms with Crippen LogP contribution in [-0.2, 0) is 0 Å². The Balaban J connectivity index is 1.78. The van der Waals surface area contributed by atoms with Crippen LogP contribution in [0.15, 0.2) is 41.9 Å². The maximum absolute atomic E-state index is 12.3. The van der Waals surface area contributed by atoms with E-state index in [-0.39, 0.29) is 5.91 Å². The van der Waals surface area contributed by atoms with Crippen molar-refractivity contribution < 1.29 is 4.79 Å². The van der Waals surface area contributed by atoms with Gasteiger partial charge in [0.05, 0.1) is 11.1 Å². The zero-order chi connectivity index (χ0) is 14.8. The van der Waals surface area contributed by atoms with Crippen LogP contribution in [0.2, 0.25) is 0 Å². The molecule has 1 amide bonds. The van der Waals surface area contributed by atoms with Gasteiger partial charge < -0.3 is 5.32 Å². The molecule has 0 spiro atoms. The van der Waals surface area contributed by atoms with E-state index in [9.17, 15) is 4.79 Å². The van der Waals surface area contributed by atoms with Crippen molar-refractivity contribution in [3.8, 4) is 9.88 Å². The minimum Gasteiger partial charge on any atom is -0.321 e. The molecule has 21 heavy (non-hydrogen) atoms. The zero-order valence-electron chi connectivity index (χ0n) is 11.7. The number of aryl methyl sites for hydroxylation is 2. The topological polar surface area (TPSA) is 42.0 Å². The van der Waals surface area contributed by atoms with Crippen molar-refractivity contribution in [2.75, 3.05) is 5.32 Å². The molecule has 2 heterocycles. The number of thiazole rings is 1. The van der Waals surface area contributed by atoms with Crippen molar-refractivity contribution in [3.63, 3.8) is 0 Å². The molecule has 0 fully saturated rings. The van der Waals surface area contributed by atoms with Gasteiger partial charge in [-0.3, -0.25) is 4.79 Å². The van der Waals surface area contributed by atoms with Gasteiger partial charge in [-0.2, -0.15) is 0 Å². The minimum absolute atomic E-state index is 0.112. The fourth-order valence-corrected chi connectivity index (χ4v) is 3.52. The van der Waals surface area contributed by atoms with Gasteiger partial charge in [0.1, 0.15) is 9.88 Å². The molecule has 0 bridgehead atoms. The average molecular weight is 314 g/mol. The average Bonchev–Trinajstić information content (AvgIpc) is 3.12. The predicted octanol–water partition coefficient (Wildman–Crippen LogP) is 4.74. The van der Waals surface area contributed by atoms with Crippen molar-refractivity contribution >= 4 is 34.3 Å². The minimum atomic E-state index is -0.112. The number of thiophene rings is 1. The number of nitrogens with one attached hydrogen (secondary N) is 1. The number of hydrogen-bond acceptors (Lipinski definition) is 4. The lowest BCUT2D eigenvalue weighted by molar-refractivity contribution is 0.103. The van der Waals surface area contributed by atoms with Crippen LogP contribution in [0.4, 0.5) is 5.69 Å². The van der Waals surface area contributed by atoms with Crippen molar-refractivity contribution in [2.24, 2.45) is 0 Å². The molecule has 0 aliphatic carbocycles. The van der Waals surface area contributed by atoms with Gasteiger partial charge in [-0.25, -0.2) is 4.98 Å². The Morgan fingerprint density at radius 3 is 2.76 bits per heavy atom. The van der Waals surface area contributed by atoms with E-state index in [1.807, 2.05) is 42.6 Å². The summed E-state index contributed by atoms with van der Waals surface area (Å²) in [6.07, 6.45) is 1.64. The van der Waals surface area contributed by atoms with Crippen LogP contribution in [0, 0.1) is 13.8 Å². The molecule has 3 rings (SSSR count). The van der Waals surface area contributed by atoms with Gasteiger partial charge in [0.15, 0.2) is 0 Å². The summed E-state index contributed by atoms with van der Waals surface area (Å²) in [6, 6.07) is 9.90. The quantitative estimate of drug-likeness (QED) is 0.758. The highest BCUT2D eigenvalue weighted by atomic mass is 32.1. The summed E-state index contributed by atoms with van der Waals surface area (Å²) >= 11 is 3.04. The van der Waals surface area contributed by atoms with Crippen molar-refractivity contribution in [2.45, 2.75) is 13.8 Å². The summed E-state index contributed by atoms with van der Waals surface area (Å²) in [5.74, 6) is -0.112. The van der Waals surface area contributed by atoms with Crippen LogP contribution >= 0.6 is 22.7 Å². The van der Waals surface area contributed by atoms with Gasteiger partial charge in [0, 0.05) is 5.69 Å². The first kappa shape index (κ1) is 14.0. The third-order valence-corrected chi connectivity index (χ3v) is 5.26. The second-order valence-corrected chi connectivity index (χ2v) is 6.74. The molecule has 0 atom stereocenters. The van der Waals surface area contributed by atoms with E-state index >= 15 is 0 Å². The Bertz CT molecular complexity index is 775. The molecule has 3 aromatic rings. The Kier molecular flexibility index (Phi) is 3.86. The predicted molar refractivity (Wildman–Crippen MR) is 89.3 cm³/mol. The molecule has 1 aromatic carbocycles. The van der Waals surface area contributed by atoms with Gasteiger partial charge in [-0.15, -0.1) is 22.7 Å². The van der Waals surface area contributed by atoms with Crippen LogP contribution in [0.3, 0.4) is 0 Å². The fraction of sp³-hybridized carbons (Fsp3) is 0.125. The highest BCUT2D eigenvalue weighted by Gasteiger charge is 2.12. The van der Waals surface area contributed by atoms with Crippen molar-refractivity contribution in [3.05, 3.63) is 57.9 Å². The molecular formula is C16H14N2OS2. The van der Waals surface area contributed by atoms with Crippen molar-refractivity contribution in [1.29, 1.82) is 0 Å². The molecule has 0 aliphatic rings. The normalized spacial score (nSPS) is 10.6. The SMILES string of the molecule is Cc1ccc(NC(=O)c2cnc(-c3cccs3)s2)cc1C. The molecule has 106 valence electrons. The van der Waals surface area contributed by atoms with Gasteiger partial charge in [-0.1, -0.05) is 12.1 Å². The Morgan fingerprint density at radius 1 is 1.19 bits per heavy atom. The summed E-state index contributed by atoms with van der Waals surface area (Å²) < 4.78 is 0. The number of carbonyl (C=O) groups is 1. The van der Waals surface area contributed by atoms with Crippen LogP contribution in [0.25, 0.3) is 9.88 Å². The third-order valence-electron chi connectivity index (χ3n) is 3.23. The smallest absolute Gasteiger partial charge is 0.267 e. The second-order valence-electron chi connectivity index (χ2n) is 4.76. The lowest BCUT2D eigenvalue weighted by Crippen LogP contribution is -2.10. The summed E-state index contributed by atoms with van der Waals surface area (Å²) in [5.41, 5.74) is 3.19. The van der Waals surface area contributed by atoms with Crippen molar-refractivity contribution in [1.82, 2.24) is 4.98 Å². The maximum Gasteiger partial charge on any atom is 0.267 e.